The standard InChI is InChI=1S/C10H17NO.C3H7N/c1-3-10(9-12-4-2)5-7-11-8-6-10;1-2-3-4/h3-4,11H,1-2,5-9H2;2H,1,3-4H2. The second kappa shape index (κ2) is 9.19. The highest BCUT2D eigenvalue weighted by Gasteiger charge is 2.28. The van der Waals surface area contributed by atoms with E-state index in [0.717, 1.165) is 32.5 Å². The molecule has 3 N–H and O–H groups in total. The van der Waals surface area contributed by atoms with Crippen LogP contribution in [-0.2, 0) is 4.74 Å². The van der Waals surface area contributed by atoms with E-state index in [1.165, 1.54) is 6.26 Å². The second-order valence-corrected chi connectivity index (χ2v) is 3.82. The van der Waals surface area contributed by atoms with Gasteiger partial charge in [-0.15, -0.1) is 13.2 Å². The highest BCUT2D eigenvalue weighted by molar-refractivity contribution is 4.98. The summed E-state index contributed by atoms with van der Waals surface area (Å²) in [6, 6.07) is 0. The predicted molar refractivity (Wildman–Crippen MR) is 70.1 cm³/mol. The quantitative estimate of drug-likeness (QED) is 0.553. The monoisotopic (exact) mass is 224 g/mol. The van der Waals surface area contributed by atoms with E-state index in [1.807, 2.05) is 6.08 Å². The van der Waals surface area contributed by atoms with Gasteiger partial charge in [-0.2, -0.15) is 0 Å². The molecule has 1 heterocycles. The van der Waals surface area contributed by atoms with E-state index in [-0.39, 0.29) is 5.41 Å². The van der Waals surface area contributed by atoms with Gasteiger partial charge in [0.2, 0.25) is 0 Å². The molecule has 0 aliphatic carbocycles. The van der Waals surface area contributed by atoms with Gasteiger partial charge in [0.15, 0.2) is 0 Å². The molecule has 16 heavy (non-hydrogen) atoms. The number of hydrogen-bond donors (Lipinski definition) is 2. The molecule has 0 radical (unpaired) electrons. The van der Waals surface area contributed by atoms with Crippen LogP contribution in [0, 0.1) is 5.41 Å². The molecule has 92 valence electrons. The Morgan fingerprint density at radius 3 is 2.19 bits per heavy atom. The fraction of sp³-hybridized carbons (Fsp3) is 0.538. The molecule has 3 nitrogen and oxygen atoms in total. The van der Waals surface area contributed by atoms with Crippen LogP contribution in [0.1, 0.15) is 12.8 Å². The average molecular weight is 224 g/mol. The predicted octanol–water partition coefficient (Wildman–Crippen LogP) is 1.83. The Morgan fingerprint density at radius 2 is 1.81 bits per heavy atom. The van der Waals surface area contributed by atoms with Crippen molar-refractivity contribution in [1.29, 1.82) is 0 Å². The van der Waals surface area contributed by atoms with Gasteiger partial charge in [0, 0.05) is 12.0 Å². The highest BCUT2D eigenvalue weighted by Crippen LogP contribution is 2.30. The molecule has 0 aromatic rings. The lowest BCUT2D eigenvalue weighted by Crippen LogP contribution is -2.38. The molecule has 0 unspecified atom stereocenters. The second-order valence-electron chi connectivity index (χ2n) is 3.82. The Labute approximate surface area is 99.1 Å². The van der Waals surface area contributed by atoms with Crippen molar-refractivity contribution >= 4 is 0 Å². The summed E-state index contributed by atoms with van der Waals surface area (Å²) in [7, 11) is 0. The molecule has 0 amide bonds. The first-order valence-corrected chi connectivity index (χ1v) is 5.62. The van der Waals surface area contributed by atoms with Crippen molar-refractivity contribution in [3.05, 3.63) is 38.2 Å². The van der Waals surface area contributed by atoms with Crippen LogP contribution in [0.5, 0.6) is 0 Å². The summed E-state index contributed by atoms with van der Waals surface area (Å²) < 4.78 is 5.23. The Morgan fingerprint density at radius 1 is 1.25 bits per heavy atom. The van der Waals surface area contributed by atoms with Gasteiger partial charge in [0.05, 0.1) is 12.9 Å². The van der Waals surface area contributed by atoms with Crippen LogP contribution in [0.4, 0.5) is 0 Å². The van der Waals surface area contributed by atoms with Gasteiger partial charge < -0.3 is 15.8 Å². The van der Waals surface area contributed by atoms with Crippen LogP contribution in [0.15, 0.2) is 38.2 Å². The van der Waals surface area contributed by atoms with Gasteiger partial charge in [-0.3, -0.25) is 0 Å². The van der Waals surface area contributed by atoms with E-state index in [9.17, 15) is 0 Å². The molecule has 0 atom stereocenters. The van der Waals surface area contributed by atoms with Crippen molar-refractivity contribution < 1.29 is 4.74 Å². The molecule has 0 bridgehead atoms. The molecule has 0 aromatic carbocycles. The van der Waals surface area contributed by atoms with Gasteiger partial charge in [0.1, 0.15) is 0 Å². The van der Waals surface area contributed by atoms with Crippen molar-refractivity contribution in [3.63, 3.8) is 0 Å². The minimum atomic E-state index is 0.180. The molecule has 1 aliphatic heterocycles. The van der Waals surface area contributed by atoms with E-state index in [0.29, 0.717) is 6.54 Å². The first-order chi connectivity index (χ1) is 7.74. The fourth-order valence-corrected chi connectivity index (χ4v) is 1.56. The number of rotatable bonds is 5. The Hall–Kier alpha value is -1.06. The Kier molecular flexibility index (Phi) is 8.58. The smallest absolute Gasteiger partial charge is 0.0964 e. The van der Waals surface area contributed by atoms with Crippen LogP contribution in [-0.4, -0.2) is 26.2 Å². The molecule has 0 saturated carbocycles. The Bertz CT molecular complexity index is 208. The van der Waals surface area contributed by atoms with E-state index >= 15 is 0 Å². The normalized spacial score (nSPS) is 17.6. The van der Waals surface area contributed by atoms with Crippen molar-refractivity contribution in [3.8, 4) is 0 Å². The maximum absolute atomic E-state index is 5.23. The first-order valence-electron chi connectivity index (χ1n) is 5.62. The summed E-state index contributed by atoms with van der Waals surface area (Å²) in [6.45, 7) is 14.2. The summed E-state index contributed by atoms with van der Waals surface area (Å²) in [6.07, 6.45) is 7.42. The first kappa shape index (κ1) is 14.9. The van der Waals surface area contributed by atoms with Gasteiger partial charge >= 0.3 is 0 Å². The van der Waals surface area contributed by atoms with Gasteiger partial charge in [-0.25, -0.2) is 0 Å². The lowest BCUT2D eigenvalue weighted by Gasteiger charge is -2.33. The molecule has 1 saturated heterocycles. The minimum absolute atomic E-state index is 0.180. The summed E-state index contributed by atoms with van der Waals surface area (Å²) in [5.41, 5.74) is 5.09. The lowest BCUT2D eigenvalue weighted by molar-refractivity contribution is 0.117. The van der Waals surface area contributed by atoms with Crippen LogP contribution >= 0.6 is 0 Å². The molecule has 1 fully saturated rings. The zero-order valence-electron chi connectivity index (χ0n) is 10.1. The van der Waals surface area contributed by atoms with Crippen molar-refractivity contribution in [1.82, 2.24) is 5.32 Å². The number of nitrogens with two attached hydrogens (primary N) is 1. The van der Waals surface area contributed by atoms with Crippen LogP contribution < -0.4 is 11.1 Å². The highest BCUT2D eigenvalue weighted by atomic mass is 16.5. The summed E-state index contributed by atoms with van der Waals surface area (Å²) >= 11 is 0. The third-order valence-corrected chi connectivity index (χ3v) is 2.69. The van der Waals surface area contributed by atoms with Crippen molar-refractivity contribution in [2.24, 2.45) is 11.1 Å². The van der Waals surface area contributed by atoms with Gasteiger partial charge in [0.25, 0.3) is 0 Å². The summed E-state index contributed by atoms with van der Waals surface area (Å²) in [4.78, 5) is 0. The molecule has 1 aliphatic rings. The summed E-state index contributed by atoms with van der Waals surface area (Å²) in [5, 5.41) is 3.32. The zero-order valence-corrected chi connectivity index (χ0v) is 10.1. The van der Waals surface area contributed by atoms with Crippen LogP contribution in [0.3, 0.4) is 0 Å². The summed E-state index contributed by atoms with van der Waals surface area (Å²) in [5.74, 6) is 0. The SMILES string of the molecule is C=CCN.C=COCC1(C=C)CCNCC1. The van der Waals surface area contributed by atoms with Crippen LogP contribution in [0.25, 0.3) is 0 Å². The van der Waals surface area contributed by atoms with Crippen molar-refractivity contribution in [2.75, 3.05) is 26.2 Å². The largest absolute Gasteiger partial charge is 0.501 e. The van der Waals surface area contributed by atoms with Crippen molar-refractivity contribution in [2.45, 2.75) is 12.8 Å². The fourth-order valence-electron chi connectivity index (χ4n) is 1.56. The number of nitrogens with one attached hydrogen (secondary N) is 1. The average Bonchev–Trinajstić information content (AvgIpc) is 2.38. The zero-order chi connectivity index (χ0) is 12.3. The van der Waals surface area contributed by atoms with Crippen LogP contribution in [0.2, 0.25) is 0 Å². The topological polar surface area (TPSA) is 47.3 Å². The minimum Gasteiger partial charge on any atom is -0.501 e. The molecular weight excluding hydrogens is 200 g/mol. The molecular formula is C13H24N2O. The van der Waals surface area contributed by atoms with Gasteiger partial charge in [-0.05, 0) is 25.9 Å². The number of hydrogen-bond acceptors (Lipinski definition) is 3. The molecule has 0 spiro atoms. The number of piperidine rings is 1. The third kappa shape index (κ3) is 5.73. The third-order valence-electron chi connectivity index (χ3n) is 2.69. The van der Waals surface area contributed by atoms with E-state index < -0.39 is 0 Å². The lowest BCUT2D eigenvalue weighted by atomic mass is 9.80. The molecule has 0 aromatic heterocycles. The Balaban J connectivity index is 0.000000487. The number of ether oxygens (including phenoxy) is 1. The van der Waals surface area contributed by atoms with E-state index in [4.69, 9.17) is 10.5 Å². The molecule has 1 rings (SSSR count). The maximum atomic E-state index is 5.23. The van der Waals surface area contributed by atoms with E-state index in [2.05, 4.69) is 25.1 Å². The maximum Gasteiger partial charge on any atom is 0.0964 e. The molecule has 3 heteroatoms. The van der Waals surface area contributed by atoms with E-state index in [1.54, 1.807) is 6.08 Å². The van der Waals surface area contributed by atoms with Gasteiger partial charge in [-0.1, -0.05) is 18.7 Å².